The highest BCUT2D eigenvalue weighted by Crippen LogP contribution is 2.25. The fraction of sp³-hybridized carbons (Fsp3) is 0.0625. The van der Waals surface area contributed by atoms with Crippen LogP contribution in [0.1, 0.15) is 17.5 Å². The van der Waals surface area contributed by atoms with Crippen LogP contribution in [0, 0.1) is 5.82 Å². The fourth-order valence-electron chi connectivity index (χ4n) is 1.87. The van der Waals surface area contributed by atoms with E-state index in [1.807, 2.05) is 30.3 Å². The summed E-state index contributed by atoms with van der Waals surface area (Å²) < 4.78 is 13.9. The van der Waals surface area contributed by atoms with E-state index in [0.29, 0.717) is 11.1 Å². The lowest BCUT2D eigenvalue weighted by atomic mass is 9.96. The molecule has 0 heterocycles. The molecule has 0 aliphatic heterocycles. The number of hydrogen-bond acceptors (Lipinski definition) is 1. The Labute approximate surface area is 110 Å². The van der Waals surface area contributed by atoms with Crippen LogP contribution < -0.4 is 0 Å². The van der Waals surface area contributed by atoms with E-state index in [1.165, 1.54) is 12.1 Å². The van der Waals surface area contributed by atoms with Gasteiger partial charge in [-0.1, -0.05) is 54.6 Å². The van der Waals surface area contributed by atoms with Crippen molar-refractivity contribution in [3.8, 4) is 0 Å². The van der Waals surface area contributed by atoms with Gasteiger partial charge in [0.15, 0.2) is 0 Å². The number of rotatable bonds is 4. The molecule has 1 N–H and O–H groups in total. The van der Waals surface area contributed by atoms with Crippen molar-refractivity contribution in [2.24, 2.45) is 0 Å². The Kier molecular flexibility index (Phi) is 4.08. The highest BCUT2D eigenvalue weighted by Gasteiger charge is 2.09. The van der Waals surface area contributed by atoms with Crippen molar-refractivity contribution >= 4 is 11.5 Å². The molecular formula is C16H13FO2. The summed E-state index contributed by atoms with van der Waals surface area (Å²) in [5, 5.41) is 8.79. The van der Waals surface area contributed by atoms with Gasteiger partial charge in [0.05, 0.1) is 6.42 Å². The normalized spacial score (nSPS) is 11.3. The van der Waals surface area contributed by atoms with Crippen molar-refractivity contribution in [3.63, 3.8) is 0 Å². The van der Waals surface area contributed by atoms with Crippen LogP contribution in [0.2, 0.25) is 0 Å². The average molecular weight is 256 g/mol. The van der Waals surface area contributed by atoms with Gasteiger partial charge in [0.1, 0.15) is 5.82 Å². The second-order valence-corrected chi connectivity index (χ2v) is 4.06. The molecule has 2 aromatic carbocycles. The first-order valence-corrected chi connectivity index (χ1v) is 5.91. The van der Waals surface area contributed by atoms with Crippen molar-refractivity contribution in [2.75, 3.05) is 0 Å². The molecule has 96 valence electrons. The molecule has 0 saturated heterocycles. The predicted molar refractivity (Wildman–Crippen MR) is 72.2 cm³/mol. The number of hydrogen-bond donors (Lipinski definition) is 1. The molecule has 0 aliphatic carbocycles. The van der Waals surface area contributed by atoms with Crippen LogP contribution in [0.3, 0.4) is 0 Å². The molecule has 0 unspecified atom stereocenters. The Bertz CT molecular complexity index is 603. The topological polar surface area (TPSA) is 37.3 Å². The van der Waals surface area contributed by atoms with Gasteiger partial charge in [-0.15, -0.1) is 0 Å². The van der Waals surface area contributed by atoms with E-state index in [2.05, 4.69) is 0 Å². The third-order valence-corrected chi connectivity index (χ3v) is 2.73. The number of benzene rings is 2. The van der Waals surface area contributed by atoms with Gasteiger partial charge in [0.25, 0.3) is 0 Å². The van der Waals surface area contributed by atoms with Crippen LogP contribution in [-0.4, -0.2) is 11.1 Å². The maximum atomic E-state index is 13.9. The third-order valence-electron chi connectivity index (χ3n) is 2.73. The highest BCUT2D eigenvalue weighted by molar-refractivity contribution is 5.82. The van der Waals surface area contributed by atoms with Gasteiger partial charge >= 0.3 is 5.97 Å². The maximum Gasteiger partial charge on any atom is 0.307 e. The van der Waals surface area contributed by atoms with Gasteiger partial charge in [-0.3, -0.25) is 4.79 Å². The van der Waals surface area contributed by atoms with Gasteiger partial charge in [0, 0.05) is 5.56 Å². The van der Waals surface area contributed by atoms with E-state index in [0.717, 1.165) is 5.56 Å². The summed E-state index contributed by atoms with van der Waals surface area (Å²) in [4.78, 5) is 10.7. The SMILES string of the molecule is O=C(O)CC=C(c1ccccc1)c1ccccc1F. The fourth-order valence-corrected chi connectivity index (χ4v) is 1.87. The Balaban J connectivity index is 2.50. The molecule has 0 spiro atoms. The summed E-state index contributed by atoms with van der Waals surface area (Å²) in [6.45, 7) is 0. The van der Waals surface area contributed by atoms with E-state index in [1.54, 1.807) is 18.2 Å². The van der Waals surface area contributed by atoms with Gasteiger partial charge in [-0.05, 0) is 17.2 Å². The van der Waals surface area contributed by atoms with Crippen LogP contribution in [0.5, 0.6) is 0 Å². The second kappa shape index (κ2) is 5.96. The molecule has 0 atom stereocenters. The summed E-state index contributed by atoms with van der Waals surface area (Å²) in [6.07, 6.45) is 1.40. The van der Waals surface area contributed by atoms with Crippen LogP contribution in [0.25, 0.3) is 5.57 Å². The molecule has 2 nitrogen and oxygen atoms in total. The number of carboxylic acid groups (broad SMARTS) is 1. The zero-order chi connectivity index (χ0) is 13.7. The van der Waals surface area contributed by atoms with E-state index in [4.69, 9.17) is 5.11 Å². The maximum absolute atomic E-state index is 13.9. The van der Waals surface area contributed by atoms with E-state index < -0.39 is 5.97 Å². The Hall–Kier alpha value is -2.42. The molecule has 0 amide bonds. The molecule has 0 aromatic heterocycles. The zero-order valence-electron chi connectivity index (χ0n) is 10.2. The van der Waals surface area contributed by atoms with E-state index in [-0.39, 0.29) is 12.2 Å². The highest BCUT2D eigenvalue weighted by atomic mass is 19.1. The van der Waals surface area contributed by atoms with Crippen molar-refractivity contribution < 1.29 is 14.3 Å². The summed E-state index contributed by atoms with van der Waals surface area (Å²) in [5.41, 5.74) is 1.81. The van der Waals surface area contributed by atoms with E-state index in [9.17, 15) is 9.18 Å². The minimum Gasteiger partial charge on any atom is -0.481 e. The number of carbonyl (C=O) groups is 1. The number of halogens is 1. The Morgan fingerprint density at radius 3 is 2.32 bits per heavy atom. The third kappa shape index (κ3) is 3.28. The average Bonchev–Trinajstić information content (AvgIpc) is 2.42. The van der Waals surface area contributed by atoms with Crippen molar-refractivity contribution in [1.82, 2.24) is 0 Å². The zero-order valence-corrected chi connectivity index (χ0v) is 10.2. The minimum atomic E-state index is -0.940. The number of aliphatic carboxylic acids is 1. The molecular weight excluding hydrogens is 243 g/mol. The van der Waals surface area contributed by atoms with Gasteiger partial charge in [0.2, 0.25) is 0 Å². The predicted octanol–water partition coefficient (Wildman–Crippen LogP) is 3.73. The molecule has 0 aliphatic rings. The molecule has 0 bridgehead atoms. The lowest BCUT2D eigenvalue weighted by Crippen LogP contribution is -1.96. The monoisotopic (exact) mass is 256 g/mol. The van der Waals surface area contributed by atoms with Crippen LogP contribution >= 0.6 is 0 Å². The summed E-state index contributed by atoms with van der Waals surface area (Å²) in [7, 11) is 0. The minimum absolute atomic E-state index is 0.140. The smallest absolute Gasteiger partial charge is 0.307 e. The summed E-state index contributed by atoms with van der Waals surface area (Å²) in [6, 6.07) is 15.6. The second-order valence-electron chi connectivity index (χ2n) is 4.06. The van der Waals surface area contributed by atoms with Crippen LogP contribution in [-0.2, 0) is 4.79 Å². The largest absolute Gasteiger partial charge is 0.481 e. The van der Waals surface area contributed by atoms with Crippen molar-refractivity contribution in [2.45, 2.75) is 6.42 Å². The lowest BCUT2D eigenvalue weighted by Gasteiger charge is -2.09. The summed E-state index contributed by atoms with van der Waals surface area (Å²) >= 11 is 0. The molecule has 2 rings (SSSR count). The van der Waals surface area contributed by atoms with Crippen molar-refractivity contribution in [1.29, 1.82) is 0 Å². The van der Waals surface area contributed by atoms with Gasteiger partial charge in [-0.25, -0.2) is 4.39 Å². The summed E-state index contributed by atoms with van der Waals surface area (Å²) in [5.74, 6) is -1.30. The standard InChI is InChI=1S/C16H13FO2/c17-15-9-5-4-8-14(15)13(10-11-16(18)19)12-6-2-1-3-7-12/h1-10H,11H2,(H,18,19). The molecule has 0 saturated carbocycles. The van der Waals surface area contributed by atoms with Crippen LogP contribution in [0.4, 0.5) is 4.39 Å². The van der Waals surface area contributed by atoms with Gasteiger partial charge in [-0.2, -0.15) is 0 Å². The Morgan fingerprint density at radius 1 is 1.05 bits per heavy atom. The molecule has 0 radical (unpaired) electrons. The molecule has 19 heavy (non-hydrogen) atoms. The Morgan fingerprint density at radius 2 is 1.68 bits per heavy atom. The molecule has 3 heteroatoms. The first kappa shape index (κ1) is 13.0. The lowest BCUT2D eigenvalue weighted by molar-refractivity contribution is -0.135. The van der Waals surface area contributed by atoms with Crippen LogP contribution in [0.15, 0.2) is 60.7 Å². The quantitative estimate of drug-likeness (QED) is 0.905. The first-order chi connectivity index (χ1) is 9.18. The first-order valence-electron chi connectivity index (χ1n) is 5.91. The molecule has 2 aromatic rings. The number of carboxylic acids is 1. The van der Waals surface area contributed by atoms with E-state index >= 15 is 0 Å². The van der Waals surface area contributed by atoms with Crippen molar-refractivity contribution in [3.05, 3.63) is 77.6 Å². The van der Waals surface area contributed by atoms with Gasteiger partial charge < -0.3 is 5.11 Å². The molecule has 0 fully saturated rings.